The van der Waals surface area contributed by atoms with E-state index in [2.05, 4.69) is 36.3 Å². The van der Waals surface area contributed by atoms with Crippen LogP contribution in [0, 0.1) is 13.8 Å². The molecule has 3 nitrogen and oxygen atoms in total. The number of hydrogen-bond acceptors (Lipinski definition) is 1. The first-order valence-electron chi connectivity index (χ1n) is 4.77. The van der Waals surface area contributed by atoms with E-state index in [4.69, 9.17) is 5.73 Å². The summed E-state index contributed by atoms with van der Waals surface area (Å²) < 4.78 is 0. The summed E-state index contributed by atoms with van der Waals surface area (Å²) in [5.74, 6) is 0.468. The van der Waals surface area contributed by atoms with Crippen LogP contribution in [-0.4, -0.2) is 12.5 Å². The molecular formula is C11H17N3. The summed E-state index contributed by atoms with van der Waals surface area (Å²) in [5.41, 5.74) is 9.16. The molecule has 0 aliphatic rings. The molecule has 0 aliphatic carbocycles. The Morgan fingerprint density at radius 3 is 2.64 bits per heavy atom. The van der Waals surface area contributed by atoms with Crippen LogP contribution >= 0.6 is 0 Å². The Morgan fingerprint density at radius 2 is 2.07 bits per heavy atom. The highest BCUT2D eigenvalue weighted by Gasteiger charge is 1.96. The zero-order valence-electron chi connectivity index (χ0n) is 8.96. The van der Waals surface area contributed by atoms with Crippen LogP contribution in [0.4, 0.5) is 5.69 Å². The first-order valence-corrected chi connectivity index (χ1v) is 4.77. The minimum absolute atomic E-state index is 0.468. The average Bonchev–Trinajstić information content (AvgIpc) is 2.12. The summed E-state index contributed by atoms with van der Waals surface area (Å²) in [5, 5.41) is 3.04. The number of guanidine groups is 1. The molecule has 0 bridgehead atoms. The maximum absolute atomic E-state index is 5.64. The Bertz CT molecular complexity index is 342. The van der Waals surface area contributed by atoms with Crippen LogP contribution in [0.5, 0.6) is 0 Å². The van der Waals surface area contributed by atoms with E-state index < -0.39 is 0 Å². The van der Waals surface area contributed by atoms with Gasteiger partial charge in [0.1, 0.15) is 0 Å². The van der Waals surface area contributed by atoms with Crippen LogP contribution in [0.15, 0.2) is 23.2 Å². The molecule has 0 heterocycles. The highest BCUT2D eigenvalue weighted by atomic mass is 15.1. The second kappa shape index (κ2) is 4.65. The van der Waals surface area contributed by atoms with Crippen LogP contribution in [-0.2, 0) is 0 Å². The second-order valence-electron chi connectivity index (χ2n) is 3.28. The van der Waals surface area contributed by atoms with Crippen molar-refractivity contribution in [3.63, 3.8) is 0 Å². The zero-order valence-corrected chi connectivity index (χ0v) is 8.96. The van der Waals surface area contributed by atoms with Crippen molar-refractivity contribution in [3.05, 3.63) is 29.3 Å². The molecular weight excluding hydrogens is 174 g/mol. The molecule has 1 aromatic rings. The van der Waals surface area contributed by atoms with E-state index in [9.17, 15) is 0 Å². The van der Waals surface area contributed by atoms with Crippen LogP contribution in [0.2, 0.25) is 0 Å². The number of benzene rings is 1. The standard InChI is InChI=1S/C11H17N3/c1-4-13-11(12)14-10-6-5-8(2)9(3)7-10/h5-7H,4H2,1-3H3,(H3,12,13,14). The first kappa shape index (κ1) is 10.6. The van der Waals surface area contributed by atoms with Crippen LogP contribution in [0.25, 0.3) is 0 Å². The van der Waals surface area contributed by atoms with Gasteiger partial charge in [-0.2, -0.15) is 0 Å². The average molecular weight is 191 g/mol. The minimum atomic E-state index is 0.468. The van der Waals surface area contributed by atoms with Gasteiger partial charge in [0.25, 0.3) is 0 Å². The summed E-state index contributed by atoms with van der Waals surface area (Å²) in [4.78, 5) is 4.06. The molecule has 0 radical (unpaired) electrons. The van der Waals surface area contributed by atoms with Gasteiger partial charge in [-0.1, -0.05) is 6.07 Å². The maximum atomic E-state index is 5.64. The summed E-state index contributed by atoms with van der Waals surface area (Å²) in [7, 11) is 0. The molecule has 0 amide bonds. The van der Waals surface area contributed by atoms with E-state index in [1.165, 1.54) is 11.1 Å². The Labute approximate surface area is 85.0 Å². The highest BCUT2D eigenvalue weighted by molar-refractivity contribution is 5.92. The van der Waals surface area contributed by atoms with Gasteiger partial charge in [-0.15, -0.1) is 0 Å². The number of aryl methyl sites for hydroxylation is 2. The van der Waals surface area contributed by atoms with E-state index in [1.807, 2.05) is 13.0 Å². The molecule has 14 heavy (non-hydrogen) atoms. The lowest BCUT2D eigenvalue weighted by atomic mass is 10.1. The molecule has 0 unspecified atom stereocenters. The molecule has 1 aromatic carbocycles. The van der Waals surface area contributed by atoms with Crippen LogP contribution < -0.4 is 11.1 Å². The summed E-state index contributed by atoms with van der Waals surface area (Å²) in [6, 6.07) is 6.13. The normalized spacial score (nSPS) is 11.5. The number of aliphatic imine (C=N–C) groups is 1. The summed E-state index contributed by atoms with van der Waals surface area (Å²) in [6.07, 6.45) is 0. The predicted octanol–water partition coefficient (Wildman–Crippen LogP) is 2.05. The smallest absolute Gasteiger partial charge is 0.193 e. The molecule has 0 saturated carbocycles. The summed E-state index contributed by atoms with van der Waals surface area (Å²) >= 11 is 0. The Kier molecular flexibility index (Phi) is 3.51. The van der Waals surface area contributed by atoms with Crippen molar-refractivity contribution in [2.24, 2.45) is 10.7 Å². The van der Waals surface area contributed by atoms with Crippen molar-refractivity contribution in [1.82, 2.24) is 0 Å². The van der Waals surface area contributed by atoms with Crippen molar-refractivity contribution < 1.29 is 0 Å². The monoisotopic (exact) mass is 191 g/mol. The maximum Gasteiger partial charge on any atom is 0.193 e. The lowest BCUT2D eigenvalue weighted by Gasteiger charge is -2.07. The van der Waals surface area contributed by atoms with Crippen LogP contribution in [0.3, 0.4) is 0 Å². The van der Waals surface area contributed by atoms with E-state index in [-0.39, 0.29) is 0 Å². The van der Waals surface area contributed by atoms with Crippen molar-refractivity contribution in [3.8, 4) is 0 Å². The van der Waals surface area contributed by atoms with Gasteiger partial charge in [-0.05, 0) is 44.0 Å². The summed E-state index contributed by atoms with van der Waals surface area (Å²) in [6.45, 7) is 6.81. The predicted molar refractivity (Wildman–Crippen MR) is 61.7 cm³/mol. The fourth-order valence-corrected chi connectivity index (χ4v) is 1.18. The molecule has 3 N–H and O–H groups in total. The molecule has 76 valence electrons. The van der Waals surface area contributed by atoms with Crippen molar-refractivity contribution in [1.29, 1.82) is 0 Å². The zero-order chi connectivity index (χ0) is 10.6. The molecule has 0 spiro atoms. The van der Waals surface area contributed by atoms with E-state index in [0.29, 0.717) is 12.5 Å². The van der Waals surface area contributed by atoms with Gasteiger partial charge in [-0.3, -0.25) is 4.99 Å². The van der Waals surface area contributed by atoms with Gasteiger partial charge < -0.3 is 11.1 Å². The Balaban J connectivity index is 2.78. The van der Waals surface area contributed by atoms with Crippen molar-refractivity contribution in [2.45, 2.75) is 20.8 Å². The van der Waals surface area contributed by atoms with Crippen LogP contribution in [0.1, 0.15) is 18.1 Å². The Hall–Kier alpha value is -1.51. The largest absolute Gasteiger partial charge is 0.370 e. The minimum Gasteiger partial charge on any atom is -0.370 e. The van der Waals surface area contributed by atoms with Gasteiger partial charge in [0.2, 0.25) is 0 Å². The SMILES string of the molecule is CCN=C(N)Nc1ccc(C)c(C)c1. The third-order valence-corrected chi connectivity index (χ3v) is 2.11. The van der Waals surface area contributed by atoms with Crippen molar-refractivity contribution in [2.75, 3.05) is 11.9 Å². The Morgan fingerprint density at radius 1 is 1.36 bits per heavy atom. The fraction of sp³-hybridized carbons (Fsp3) is 0.364. The van der Waals surface area contributed by atoms with Gasteiger partial charge in [-0.25, -0.2) is 0 Å². The molecule has 0 fully saturated rings. The lowest BCUT2D eigenvalue weighted by Crippen LogP contribution is -2.22. The number of rotatable bonds is 2. The van der Waals surface area contributed by atoms with E-state index in [0.717, 1.165) is 5.69 Å². The number of nitrogens with zero attached hydrogens (tertiary/aromatic N) is 1. The molecule has 0 atom stereocenters. The molecule has 0 saturated heterocycles. The van der Waals surface area contributed by atoms with Crippen molar-refractivity contribution >= 4 is 11.6 Å². The number of hydrogen-bond donors (Lipinski definition) is 2. The second-order valence-corrected chi connectivity index (χ2v) is 3.28. The van der Waals surface area contributed by atoms with Gasteiger partial charge in [0.05, 0.1) is 0 Å². The molecule has 3 heteroatoms. The quantitative estimate of drug-likeness (QED) is 0.555. The highest BCUT2D eigenvalue weighted by Crippen LogP contribution is 2.13. The van der Waals surface area contributed by atoms with Gasteiger partial charge in [0, 0.05) is 12.2 Å². The third kappa shape index (κ3) is 2.76. The van der Waals surface area contributed by atoms with Gasteiger partial charge >= 0.3 is 0 Å². The van der Waals surface area contributed by atoms with Gasteiger partial charge in [0.15, 0.2) is 5.96 Å². The first-order chi connectivity index (χ1) is 6.63. The topological polar surface area (TPSA) is 50.4 Å². The molecule has 0 aliphatic heterocycles. The van der Waals surface area contributed by atoms with E-state index >= 15 is 0 Å². The number of nitrogens with one attached hydrogen (secondary N) is 1. The lowest BCUT2D eigenvalue weighted by molar-refractivity contribution is 1.12. The fourth-order valence-electron chi connectivity index (χ4n) is 1.18. The van der Waals surface area contributed by atoms with E-state index in [1.54, 1.807) is 0 Å². The molecule has 0 aromatic heterocycles. The number of anilines is 1. The number of nitrogens with two attached hydrogens (primary N) is 1. The molecule has 1 rings (SSSR count). The third-order valence-electron chi connectivity index (χ3n) is 2.11.